The van der Waals surface area contributed by atoms with Crippen molar-refractivity contribution in [2.45, 2.75) is 19.6 Å². The van der Waals surface area contributed by atoms with Gasteiger partial charge < -0.3 is 19.9 Å². The number of methoxy groups -OCH3 is 1. The molecule has 0 aliphatic heterocycles. The summed E-state index contributed by atoms with van der Waals surface area (Å²) in [5, 5.41) is 13.3. The average molecular weight is 274 g/mol. The van der Waals surface area contributed by atoms with Crippen molar-refractivity contribution in [3.05, 3.63) is 28.8 Å². The fraction of sp³-hybridized carbons (Fsp3) is 0.538. The Labute approximate surface area is 113 Å². The summed E-state index contributed by atoms with van der Waals surface area (Å²) in [4.78, 5) is 0. The number of halogens is 1. The number of hydrogen-bond donors (Lipinski definition) is 2. The normalized spacial score (nSPS) is 12.4. The van der Waals surface area contributed by atoms with E-state index in [1.807, 2.05) is 19.1 Å². The van der Waals surface area contributed by atoms with Gasteiger partial charge in [0.25, 0.3) is 0 Å². The van der Waals surface area contributed by atoms with Gasteiger partial charge in [0.15, 0.2) is 0 Å². The molecule has 18 heavy (non-hydrogen) atoms. The predicted octanol–water partition coefficient (Wildman–Crippen LogP) is 1.84. The van der Waals surface area contributed by atoms with E-state index in [-0.39, 0.29) is 13.2 Å². The van der Waals surface area contributed by atoms with Gasteiger partial charge in [-0.3, -0.25) is 0 Å². The lowest BCUT2D eigenvalue weighted by atomic mass is 10.2. The first-order valence-electron chi connectivity index (χ1n) is 5.97. The van der Waals surface area contributed by atoms with Crippen LogP contribution in [0.15, 0.2) is 18.2 Å². The largest absolute Gasteiger partial charge is 0.489 e. The molecule has 0 radical (unpaired) electrons. The van der Waals surface area contributed by atoms with Gasteiger partial charge >= 0.3 is 0 Å². The lowest BCUT2D eigenvalue weighted by Crippen LogP contribution is -2.23. The second-order valence-electron chi connectivity index (χ2n) is 3.93. The summed E-state index contributed by atoms with van der Waals surface area (Å²) in [6.45, 7) is 4.00. The molecule has 4 nitrogen and oxygen atoms in total. The summed E-state index contributed by atoms with van der Waals surface area (Å²) in [5.41, 5.74) is 0.981. The molecule has 0 amide bonds. The first kappa shape index (κ1) is 15.2. The monoisotopic (exact) mass is 273 g/mol. The molecule has 0 aliphatic carbocycles. The average Bonchev–Trinajstić information content (AvgIpc) is 2.35. The third kappa shape index (κ3) is 4.82. The van der Waals surface area contributed by atoms with E-state index in [2.05, 4.69) is 5.32 Å². The summed E-state index contributed by atoms with van der Waals surface area (Å²) in [7, 11) is 1.54. The molecule has 0 heterocycles. The van der Waals surface area contributed by atoms with Gasteiger partial charge in [-0.1, -0.05) is 30.7 Å². The first-order chi connectivity index (χ1) is 8.69. The zero-order valence-electron chi connectivity index (χ0n) is 10.8. The van der Waals surface area contributed by atoms with Crippen molar-refractivity contribution in [1.29, 1.82) is 0 Å². The summed E-state index contributed by atoms with van der Waals surface area (Å²) in [6, 6.07) is 5.61. The fourth-order valence-electron chi connectivity index (χ4n) is 1.53. The molecule has 1 unspecified atom stereocenters. The van der Waals surface area contributed by atoms with Crippen molar-refractivity contribution >= 4 is 11.6 Å². The van der Waals surface area contributed by atoms with Crippen LogP contribution >= 0.6 is 11.6 Å². The van der Waals surface area contributed by atoms with Gasteiger partial charge in [0.1, 0.15) is 18.5 Å². The third-order valence-electron chi connectivity index (χ3n) is 2.39. The molecule has 0 spiro atoms. The zero-order valence-corrected chi connectivity index (χ0v) is 11.5. The topological polar surface area (TPSA) is 50.7 Å². The Bertz CT molecular complexity index is 360. The maximum absolute atomic E-state index is 9.56. The van der Waals surface area contributed by atoms with E-state index in [0.717, 1.165) is 12.1 Å². The number of aliphatic hydroxyl groups is 1. The maximum Gasteiger partial charge on any atom is 0.142 e. The Hall–Kier alpha value is -0.810. The van der Waals surface area contributed by atoms with Crippen LogP contribution in [0.3, 0.4) is 0 Å². The van der Waals surface area contributed by atoms with Crippen LogP contribution in [0.1, 0.15) is 12.5 Å². The van der Waals surface area contributed by atoms with Crippen LogP contribution in [-0.4, -0.2) is 38.1 Å². The van der Waals surface area contributed by atoms with E-state index >= 15 is 0 Å². The smallest absolute Gasteiger partial charge is 0.142 e. The molecule has 0 saturated carbocycles. The minimum Gasteiger partial charge on any atom is -0.489 e. The summed E-state index contributed by atoms with van der Waals surface area (Å²) < 4.78 is 10.4. The van der Waals surface area contributed by atoms with Gasteiger partial charge in [-0.25, -0.2) is 0 Å². The van der Waals surface area contributed by atoms with E-state index in [1.165, 1.54) is 7.11 Å². The number of nitrogens with one attached hydrogen (secondary N) is 1. The second-order valence-corrected chi connectivity index (χ2v) is 4.34. The van der Waals surface area contributed by atoms with Crippen LogP contribution in [0.4, 0.5) is 0 Å². The van der Waals surface area contributed by atoms with Crippen LogP contribution in [0.5, 0.6) is 5.75 Å². The molecule has 0 fully saturated rings. The van der Waals surface area contributed by atoms with Crippen LogP contribution in [0, 0.1) is 0 Å². The standard InChI is InChI=1S/C13H20ClNO3/c1-3-15-7-10-5-4-6-12(14)13(10)18-9-11(16)8-17-2/h4-6,11,15-16H,3,7-9H2,1-2H3. The SMILES string of the molecule is CCNCc1cccc(Cl)c1OCC(O)COC. The maximum atomic E-state index is 9.56. The molecule has 5 heteroatoms. The quantitative estimate of drug-likeness (QED) is 0.759. The van der Waals surface area contributed by atoms with Gasteiger partial charge in [-0.15, -0.1) is 0 Å². The van der Waals surface area contributed by atoms with E-state index in [4.69, 9.17) is 21.1 Å². The van der Waals surface area contributed by atoms with Crippen molar-refractivity contribution in [2.24, 2.45) is 0 Å². The molecule has 1 aromatic rings. The minimum absolute atomic E-state index is 0.163. The predicted molar refractivity (Wildman–Crippen MR) is 72.2 cm³/mol. The number of para-hydroxylation sites is 1. The summed E-state index contributed by atoms with van der Waals surface area (Å²) in [6.07, 6.45) is -0.654. The number of ether oxygens (including phenoxy) is 2. The van der Waals surface area contributed by atoms with Gasteiger partial charge in [0, 0.05) is 19.2 Å². The third-order valence-corrected chi connectivity index (χ3v) is 2.69. The van der Waals surface area contributed by atoms with E-state index in [9.17, 15) is 5.11 Å². The number of hydrogen-bond acceptors (Lipinski definition) is 4. The number of aliphatic hydroxyl groups excluding tert-OH is 1. The molecule has 0 bridgehead atoms. The number of rotatable bonds is 8. The molecular formula is C13H20ClNO3. The van der Waals surface area contributed by atoms with Gasteiger partial charge in [-0.05, 0) is 12.6 Å². The van der Waals surface area contributed by atoms with Crippen molar-refractivity contribution in [2.75, 3.05) is 26.9 Å². The van der Waals surface area contributed by atoms with Crippen molar-refractivity contribution in [1.82, 2.24) is 5.32 Å². The summed E-state index contributed by atoms with van der Waals surface area (Å²) >= 11 is 6.10. The molecule has 0 aromatic heterocycles. The highest BCUT2D eigenvalue weighted by molar-refractivity contribution is 6.32. The molecule has 1 rings (SSSR count). The minimum atomic E-state index is -0.654. The molecular weight excluding hydrogens is 254 g/mol. The van der Waals surface area contributed by atoms with Crippen LogP contribution in [-0.2, 0) is 11.3 Å². The Kier molecular flexibility index (Phi) is 7.05. The van der Waals surface area contributed by atoms with E-state index in [0.29, 0.717) is 17.3 Å². The van der Waals surface area contributed by atoms with Crippen molar-refractivity contribution < 1.29 is 14.6 Å². The van der Waals surface area contributed by atoms with Gasteiger partial charge in [0.05, 0.1) is 11.6 Å². The van der Waals surface area contributed by atoms with E-state index < -0.39 is 6.10 Å². The second kappa shape index (κ2) is 8.32. The van der Waals surface area contributed by atoms with Crippen LogP contribution in [0.25, 0.3) is 0 Å². The van der Waals surface area contributed by atoms with Gasteiger partial charge in [0.2, 0.25) is 0 Å². The lowest BCUT2D eigenvalue weighted by Gasteiger charge is -2.16. The van der Waals surface area contributed by atoms with Gasteiger partial charge in [-0.2, -0.15) is 0 Å². The van der Waals surface area contributed by atoms with Crippen molar-refractivity contribution in [3.63, 3.8) is 0 Å². The van der Waals surface area contributed by atoms with Crippen LogP contribution < -0.4 is 10.1 Å². The van der Waals surface area contributed by atoms with E-state index in [1.54, 1.807) is 6.07 Å². The molecule has 0 aliphatic rings. The first-order valence-corrected chi connectivity index (χ1v) is 6.34. The highest BCUT2D eigenvalue weighted by atomic mass is 35.5. The Morgan fingerprint density at radius 2 is 2.17 bits per heavy atom. The molecule has 2 N–H and O–H groups in total. The molecule has 0 saturated heterocycles. The van der Waals surface area contributed by atoms with Crippen molar-refractivity contribution in [3.8, 4) is 5.75 Å². The highest BCUT2D eigenvalue weighted by Gasteiger charge is 2.11. The Balaban J connectivity index is 2.66. The fourth-order valence-corrected chi connectivity index (χ4v) is 1.78. The Morgan fingerprint density at radius 1 is 1.39 bits per heavy atom. The zero-order chi connectivity index (χ0) is 13.4. The Morgan fingerprint density at radius 3 is 2.83 bits per heavy atom. The molecule has 1 aromatic carbocycles. The highest BCUT2D eigenvalue weighted by Crippen LogP contribution is 2.28. The summed E-state index contributed by atoms with van der Waals surface area (Å²) in [5.74, 6) is 0.621. The van der Waals surface area contributed by atoms with Crippen LogP contribution in [0.2, 0.25) is 5.02 Å². The lowest BCUT2D eigenvalue weighted by molar-refractivity contribution is 0.0323. The molecule has 1 atom stereocenters. The molecule has 102 valence electrons. The number of benzene rings is 1.